The van der Waals surface area contributed by atoms with E-state index in [1.807, 2.05) is 0 Å². The summed E-state index contributed by atoms with van der Waals surface area (Å²) in [6.07, 6.45) is 5.26. The van der Waals surface area contributed by atoms with Gasteiger partial charge < -0.3 is 4.42 Å². The molecule has 0 bridgehead atoms. The number of nitrogens with zero attached hydrogens (tertiary/aromatic N) is 1. The zero-order valence-corrected chi connectivity index (χ0v) is 11.6. The van der Waals surface area contributed by atoms with Gasteiger partial charge in [-0.3, -0.25) is 8.94 Å². The third kappa shape index (κ3) is 6.49. The van der Waals surface area contributed by atoms with Gasteiger partial charge in [0.15, 0.2) is 0 Å². The summed E-state index contributed by atoms with van der Waals surface area (Å²) >= 11 is 0. The molecule has 0 spiro atoms. The van der Waals surface area contributed by atoms with E-state index in [0.717, 1.165) is 0 Å². The Hall–Kier alpha value is -1.21. The number of aromatic nitrogens is 1. The van der Waals surface area contributed by atoms with E-state index in [9.17, 15) is 12.8 Å². The maximum absolute atomic E-state index is 11.9. The minimum Gasteiger partial charge on any atom is -0.442 e. The van der Waals surface area contributed by atoms with Crippen molar-refractivity contribution in [2.45, 2.75) is 32.6 Å². The Morgan fingerprint density at radius 2 is 2.16 bits per heavy atom. The maximum Gasteiger partial charge on any atom is 0.264 e. The molecule has 1 aromatic rings. The zero-order valence-electron chi connectivity index (χ0n) is 10.8. The summed E-state index contributed by atoms with van der Waals surface area (Å²) in [7, 11) is -3.93. The third-order valence-corrected chi connectivity index (χ3v) is 3.29. The van der Waals surface area contributed by atoms with Crippen LogP contribution in [0.3, 0.4) is 0 Å². The zero-order chi connectivity index (χ0) is 14.3. The summed E-state index contributed by atoms with van der Waals surface area (Å²) in [6.45, 7) is 1.39. The predicted molar refractivity (Wildman–Crippen MR) is 70.2 cm³/mol. The van der Waals surface area contributed by atoms with E-state index in [1.165, 1.54) is 0 Å². The molecule has 1 heterocycles. The monoisotopic (exact) mass is 291 g/mol. The van der Waals surface area contributed by atoms with E-state index < -0.39 is 10.1 Å². The number of unbranched alkanes of at least 4 members (excludes halogenated alkanes) is 1. The first kappa shape index (κ1) is 15.8. The van der Waals surface area contributed by atoms with Crippen LogP contribution >= 0.6 is 0 Å². The van der Waals surface area contributed by atoms with Crippen molar-refractivity contribution >= 4 is 16.2 Å². The molecule has 1 N–H and O–H groups in total. The lowest BCUT2D eigenvalue weighted by molar-refractivity contribution is 0.475. The van der Waals surface area contributed by atoms with E-state index in [-0.39, 0.29) is 18.8 Å². The first-order valence-corrected chi connectivity index (χ1v) is 7.67. The Bertz CT molecular complexity index is 522. The Kier molecular flexibility index (Phi) is 6.17. The summed E-state index contributed by atoms with van der Waals surface area (Å²) in [5, 5.41) is 0. The van der Waals surface area contributed by atoms with Crippen molar-refractivity contribution in [3.05, 3.63) is 23.4 Å². The Labute approximate surface area is 112 Å². The molecule has 0 unspecified atom stereocenters. The van der Waals surface area contributed by atoms with Crippen molar-refractivity contribution in [1.29, 1.82) is 0 Å². The minimum absolute atomic E-state index is 0.289. The van der Waals surface area contributed by atoms with Crippen molar-refractivity contribution in [2.75, 3.05) is 12.4 Å². The lowest BCUT2D eigenvalue weighted by Gasteiger charge is -1.95. The predicted octanol–water partition coefficient (Wildman–Crippen LogP) is 2.57. The van der Waals surface area contributed by atoms with Gasteiger partial charge in [-0.25, -0.2) is 4.98 Å². The van der Waals surface area contributed by atoms with Gasteiger partial charge >= 0.3 is 0 Å². The maximum atomic E-state index is 11.9. The van der Waals surface area contributed by atoms with Crippen LogP contribution in [-0.4, -0.2) is 30.4 Å². The second kappa shape index (κ2) is 7.40. The van der Waals surface area contributed by atoms with E-state index in [1.54, 1.807) is 19.1 Å². The second-order valence-corrected chi connectivity index (χ2v) is 5.75. The number of hydrogen-bond donors (Lipinski definition) is 1. The van der Waals surface area contributed by atoms with Crippen LogP contribution in [0.2, 0.25) is 0 Å². The highest BCUT2D eigenvalue weighted by molar-refractivity contribution is 7.85. The average molecular weight is 291 g/mol. The van der Waals surface area contributed by atoms with E-state index in [0.29, 0.717) is 36.6 Å². The molecule has 0 aliphatic rings. The van der Waals surface area contributed by atoms with Crippen LogP contribution in [0.4, 0.5) is 4.39 Å². The quantitative estimate of drug-likeness (QED) is 0.588. The molecule has 7 heteroatoms. The smallest absolute Gasteiger partial charge is 0.264 e. The van der Waals surface area contributed by atoms with Crippen molar-refractivity contribution < 1.29 is 21.8 Å². The fourth-order valence-corrected chi connectivity index (χ4v) is 2.06. The molecule has 1 rings (SSSR count). The molecule has 0 saturated carbocycles. The lowest BCUT2D eigenvalue weighted by atomic mass is 10.2. The number of hydrogen-bond acceptors (Lipinski definition) is 4. The Morgan fingerprint density at radius 1 is 1.42 bits per heavy atom. The van der Waals surface area contributed by atoms with Crippen molar-refractivity contribution in [1.82, 2.24) is 4.98 Å². The Morgan fingerprint density at radius 3 is 2.79 bits per heavy atom. The summed E-state index contributed by atoms with van der Waals surface area (Å²) in [6, 6.07) is 0. The van der Waals surface area contributed by atoms with Gasteiger partial charge in [0, 0.05) is 0 Å². The normalized spacial score (nSPS) is 12.4. The summed E-state index contributed by atoms with van der Waals surface area (Å²) < 4.78 is 47.0. The highest BCUT2D eigenvalue weighted by Gasteiger charge is 2.10. The number of allylic oxidation sites excluding steroid dienone is 1. The SMILES string of the molecule is Cc1oc(/C=C/CCCF)nc1CCCS(=O)(=O)O. The first-order valence-electron chi connectivity index (χ1n) is 6.06. The van der Waals surface area contributed by atoms with Gasteiger partial charge in [0.05, 0.1) is 18.1 Å². The van der Waals surface area contributed by atoms with Crippen LogP contribution in [0.1, 0.15) is 36.6 Å². The van der Waals surface area contributed by atoms with Gasteiger partial charge in [-0.05, 0) is 38.7 Å². The van der Waals surface area contributed by atoms with Crippen LogP contribution in [0.5, 0.6) is 0 Å². The van der Waals surface area contributed by atoms with Gasteiger partial charge in [-0.2, -0.15) is 8.42 Å². The van der Waals surface area contributed by atoms with Crippen LogP contribution < -0.4 is 0 Å². The minimum atomic E-state index is -3.93. The number of halogens is 1. The van der Waals surface area contributed by atoms with Crippen LogP contribution in [0.25, 0.3) is 6.08 Å². The van der Waals surface area contributed by atoms with Gasteiger partial charge in [-0.15, -0.1) is 0 Å². The van der Waals surface area contributed by atoms with E-state index in [4.69, 9.17) is 8.97 Å². The van der Waals surface area contributed by atoms with E-state index in [2.05, 4.69) is 4.98 Å². The van der Waals surface area contributed by atoms with Crippen molar-refractivity contribution in [3.63, 3.8) is 0 Å². The second-order valence-electron chi connectivity index (χ2n) is 4.18. The summed E-state index contributed by atoms with van der Waals surface area (Å²) in [5.74, 6) is 0.764. The summed E-state index contributed by atoms with van der Waals surface area (Å²) in [4.78, 5) is 4.20. The molecule has 0 aliphatic carbocycles. The summed E-state index contributed by atoms with van der Waals surface area (Å²) in [5.41, 5.74) is 0.675. The number of aryl methyl sites for hydroxylation is 2. The van der Waals surface area contributed by atoms with Crippen molar-refractivity contribution in [3.8, 4) is 0 Å². The first-order chi connectivity index (χ1) is 8.92. The van der Waals surface area contributed by atoms with Crippen LogP contribution in [0, 0.1) is 6.92 Å². The van der Waals surface area contributed by atoms with Gasteiger partial charge in [0.25, 0.3) is 10.1 Å². The number of oxazole rings is 1. The van der Waals surface area contributed by atoms with E-state index >= 15 is 0 Å². The number of rotatable bonds is 8. The fourth-order valence-electron chi connectivity index (χ4n) is 1.55. The molecule has 19 heavy (non-hydrogen) atoms. The highest BCUT2D eigenvalue weighted by Crippen LogP contribution is 2.14. The van der Waals surface area contributed by atoms with Gasteiger partial charge in [-0.1, -0.05) is 6.08 Å². The molecule has 0 amide bonds. The molecule has 0 saturated heterocycles. The fraction of sp³-hybridized carbons (Fsp3) is 0.583. The standard InChI is InChI=1S/C12H18FNO4S/c1-10-11(6-5-9-19(15,16)17)14-12(18-10)7-3-2-4-8-13/h3,7H,2,4-6,8-9H2,1H3,(H,15,16,17)/b7-3+. The molecule has 5 nitrogen and oxygen atoms in total. The molecule has 0 aliphatic heterocycles. The van der Waals surface area contributed by atoms with Crippen LogP contribution in [-0.2, 0) is 16.5 Å². The van der Waals surface area contributed by atoms with Gasteiger partial charge in [0.2, 0.25) is 5.89 Å². The average Bonchev–Trinajstić information content (AvgIpc) is 2.64. The molecule has 1 aromatic heterocycles. The topological polar surface area (TPSA) is 80.4 Å². The molecule has 0 aromatic carbocycles. The molecule has 0 atom stereocenters. The van der Waals surface area contributed by atoms with Gasteiger partial charge in [0.1, 0.15) is 5.76 Å². The molecule has 0 fully saturated rings. The van der Waals surface area contributed by atoms with Crippen LogP contribution in [0.15, 0.2) is 10.5 Å². The molecular formula is C12H18FNO4S. The number of alkyl halides is 1. The lowest BCUT2D eigenvalue weighted by Crippen LogP contribution is -2.05. The molecular weight excluding hydrogens is 273 g/mol. The highest BCUT2D eigenvalue weighted by atomic mass is 32.2. The molecule has 108 valence electrons. The largest absolute Gasteiger partial charge is 0.442 e. The third-order valence-electron chi connectivity index (χ3n) is 2.49. The Balaban J connectivity index is 2.52. The molecule has 0 radical (unpaired) electrons. The van der Waals surface area contributed by atoms with Crippen molar-refractivity contribution in [2.24, 2.45) is 0 Å².